The number of esters is 1. The third kappa shape index (κ3) is 3.05. The van der Waals surface area contributed by atoms with Crippen molar-refractivity contribution >= 4 is 11.9 Å². The summed E-state index contributed by atoms with van der Waals surface area (Å²) in [6.07, 6.45) is 0. The van der Waals surface area contributed by atoms with Gasteiger partial charge in [0.05, 0.1) is 17.7 Å². The second-order valence-electron chi connectivity index (χ2n) is 2.57. The highest BCUT2D eigenvalue weighted by atomic mass is 19.0. The standard InChI is InChI=1S/C10H10O4.FH/c1-2-14-10(13)8-6-4-3-5-7(8)9(11)12;/h3-6H,2H2,1H3,(H,11,12);1H. The van der Waals surface area contributed by atoms with Crippen LogP contribution in [-0.2, 0) is 4.74 Å². The van der Waals surface area contributed by atoms with Crippen LogP contribution in [0.1, 0.15) is 27.6 Å². The van der Waals surface area contributed by atoms with E-state index in [1.54, 1.807) is 19.1 Å². The summed E-state index contributed by atoms with van der Waals surface area (Å²) in [7, 11) is 0. The van der Waals surface area contributed by atoms with Gasteiger partial charge < -0.3 is 9.84 Å². The van der Waals surface area contributed by atoms with E-state index >= 15 is 0 Å². The Hall–Kier alpha value is -1.91. The van der Waals surface area contributed by atoms with E-state index in [2.05, 4.69) is 0 Å². The Bertz CT molecular complexity index is 362. The van der Waals surface area contributed by atoms with Crippen molar-refractivity contribution in [3.63, 3.8) is 0 Å². The zero-order chi connectivity index (χ0) is 10.6. The molecule has 0 amide bonds. The molecule has 1 rings (SSSR count). The first kappa shape index (κ1) is 13.1. The molecule has 0 heterocycles. The molecule has 4 nitrogen and oxygen atoms in total. The molecule has 0 spiro atoms. The fraction of sp³-hybridized carbons (Fsp3) is 0.200. The smallest absolute Gasteiger partial charge is 0.338 e. The van der Waals surface area contributed by atoms with Crippen molar-refractivity contribution in [3.8, 4) is 0 Å². The third-order valence-corrected chi connectivity index (χ3v) is 1.65. The van der Waals surface area contributed by atoms with Crippen LogP contribution in [0.5, 0.6) is 0 Å². The first-order valence-electron chi connectivity index (χ1n) is 4.16. The molecule has 1 aromatic carbocycles. The van der Waals surface area contributed by atoms with Gasteiger partial charge in [0.1, 0.15) is 0 Å². The number of rotatable bonds is 3. The zero-order valence-electron chi connectivity index (χ0n) is 8.10. The lowest BCUT2D eigenvalue weighted by atomic mass is 10.1. The highest BCUT2D eigenvalue weighted by Crippen LogP contribution is 2.09. The Balaban J connectivity index is 0.00000196. The quantitative estimate of drug-likeness (QED) is 0.778. The second kappa shape index (κ2) is 5.74. The molecule has 0 aliphatic heterocycles. The van der Waals surface area contributed by atoms with Gasteiger partial charge in [-0.3, -0.25) is 4.70 Å². The fourth-order valence-corrected chi connectivity index (χ4v) is 1.06. The lowest BCUT2D eigenvalue weighted by Gasteiger charge is -2.04. The molecule has 0 fully saturated rings. The average molecular weight is 214 g/mol. The van der Waals surface area contributed by atoms with E-state index in [1.165, 1.54) is 12.1 Å². The number of hydrogen-bond donors (Lipinski definition) is 1. The van der Waals surface area contributed by atoms with Crippen LogP contribution in [0.4, 0.5) is 4.70 Å². The number of halogens is 1. The molecule has 0 bridgehead atoms. The van der Waals surface area contributed by atoms with Crippen LogP contribution in [0.3, 0.4) is 0 Å². The lowest BCUT2D eigenvalue weighted by molar-refractivity contribution is 0.0514. The molecule has 0 saturated heterocycles. The number of benzene rings is 1. The predicted molar refractivity (Wildman–Crippen MR) is 51.9 cm³/mol. The van der Waals surface area contributed by atoms with Crippen molar-refractivity contribution in [2.24, 2.45) is 0 Å². The molecule has 0 atom stereocenters. The second-order valence-corrected chi connectivity index (χ2v) is 2.57. The molecule has 15 heavy (non-hydrogen) atoms. The van der Waals surface area contributed by atoms with Gasteiger partial charge in [-0.05, 0) is 19.1 Å². The first-order valence-corrected chi connectivity index (χ1v) is 4.16. The fourth-order valence-electron chi connectivity index (χ4n) is 1.06. The molecule has 0 unspecified atom stereocenters. The highest BCUT2D eigenvalue weighted by molar-refractivity contribution is 6.02. The minimum absolute atomic E-state index is 0. The highest BCUT2D eigenvalue weighted by Gasteiger charge is 2.15. The first-order chi connectivity index (χ1) is 6.66. The van der Waals surface area contributed by atoms with Crippen LogP contribution in [-0.4, -0.2) is 23.7 Å². The van der Waals surface area contributed by atoms with Crippen LogP contribution in [0.25, 0.3) is 0 Å². The average Bonchev–Trinajstić information content (AvgIpc) is 2.18. The normalized spacial score (nSPS) is 8.87. The van der Waals surface area contributed by atoms with Crippen molar-refractivity contribution in [1.82, 2.24) is 0 Å². The Morgan fingerprint density at radius 1 is 1.27 bits per heavy atom. The van der Waals surface area contributed by atoms with Gasteiger partial charge in [-0.2, -0.15) is 0 Å². The summed E-state index contributed by atoms with van der Waals surface area (Å²) < 4.78 is 4.72. The number of carboxylic acid groups (broad SMARTS) is 1. The van der Waals surface area contributed by atoms with Gasteiger partial charge >= 0.3 is 11.9 Å². The molecule has 0 aliphatic rings. The van der Waals surface area contributed by atoms with Gasteiger partial charge in [-0.25, -0.2) is 9.59 Å². The summed E-state index contributed by atoms with van der Waals surface area (Å²) in [4.78, 5) is 22.0. The molecular formula is C10H11FO4. The Labute approximate surface area is 85.9 Å². The number of carbonyl (C=O) groups is 2. The summed E-state index contributed by atoms with van der Waals surface area (Å²) in [5.74, 6) is -1.74. The number of hydrogen-bond acceptors (Lipinski definition) is 3. The van der Waals surface area contributed by atoms with Gasteiger partial charge in [0, 0.05) is 0 Å². The van der Waals surface area contributed by atoms with E-state index in [-0.39, 0.29) is 22.4 Å². The van der Waals surface area contributed by atoms with Gasteiger partial charge in [-0.15, -0.1) is 0 Å². The van der Waals surface area contributed by atoms with E-state index in [0.29, 0.717) is 0 Å². The lowest BCUT2D eigenvalue weighted by Crippen LogP contribution is -2.11. The Kier molecular flexibility index (Phi) is 5.01. The number of carboxylic acids is 1. The maximum Gasteiger partial charge on any atom is 0.338 e. The molecule has 0 radical (unpaired) electrons. The van der Waals surface area contributed by atoms with Gasteiger partial charge in [0.15, 0.2) is 0 Å². The summed E-state index contributed by atoms with van der Waals surface area (Å²) in [6, 6.07) is 5.96. The Morgan fingerprint density at radius 3 is 2.27 bits per heavy atom. The monoisotopic (exact) mass is 214 g/mol. The molecule has 0 aliphatic carbocycles. The zero-order valence-corrected chi connectivity index (χ0v) is 8.10. The molecule has 5 heteroatoms. The van der Waals surface area contributed by atoms with Crippen molar-refractivity contribution in [3.05, 3.63) is 35.4 Å². The number of carbonyl (C=O) groups excluding carboxylic acids is 1. The molecular weight excluding hydrogens is 203 g/mol. The van der Waals surface area contributed by atoms with Gasteiger partial charge in [-0.1, -0.05) is 12.1 Å². The summed E-state index contributed by atoms with van der Waals surface area (Å²) in [6.45, 7) is 1.90. The minimum atomic E-state index is -1.13. The number of aromatic carboxylic acids is 1. The van der Waals surface area contributed by atoms with Gasteiger partial charge in [0.2, 0.25) is 0 Å². The van der Waals surface area contributed by atoms with E-state index in [4.69, 9.17) is 9.84 Å². The van der Waals surface area contributed by atoms with Crippen LogP contribution < -0.4 is 0 Å². The van der Waals surface area contributed by atoms with Crippen molar-refractivity contribution in [2.45, 2.75) is 6.92 Å². The molecule has 0 saturated carbocycles. The molecule has 0 aromatic heterocycles. The van der Waals surface area contributed by atoms with Crippen LogP contribution in [0.15, 0.2) is 24.3 Å². The predicted octanol–water partition coefficient (Wildman–Crippen LogP) is 1.71. The Morgan fingerprint density at radius 2 is 1.80 bits per heavy atom. The van der Waals surface area contributed by atoms with Gasteiger partial charge in [0.25, 0.3) is 0 Å². The maximum absolute atomic E-state index is 11.3. The van der Waals surface area contributed by atoms with E-state index in [9.17, 15) is 9.59 Å². The van der Waals surface area contributed by atoms with E-state index in [1.807, 2.05) is 0 Å². The van der Waals surface area contributed by atoms with Crippen molar-refractivity contribution in [1.29, 1.82) is 0 Å². The summed E-state index contributed by atoms with van der Waals surface area (Å²) in [5.41, 5.74) is 0.0489. The summed E-state index contributed by atoms with van der Waals surface area (Å²) in [5, 5.41) is 8.77. The topological polar surface area (TPSA) is 63.6 Å². The minimum Gasteiger partial charge on any atom is -0.478 e. The maximum atomic E-state index is 11.3. The van der Waals surface area contributed by atoms with E-state index in [0.717, 1.165) is 0 Å². The van der Waals surface area contributed by atoms with Crippen molar-refractivity contribution in [2.75, 3.05) is 6.61 Å². The largest absolute Gasteiger partial charge is 0.478 e. The SMILES string of the molecule is CCOC(=O)c1ccccc1C(=O)O.F. The molecule has 1 aromatic rings. The van der Waals surface area contributed by atoms with E-state index < -0.39 is 11.9 Å². The third-order valence-electron chi connectivity index (χ3n) is 1.65. The number of ether oxygens (including phenoxy) is 1. The van der Waals surface area contributed by atoms with Crippen molar-refractivity contribution < 1.29 is 24.1 Å². The molecule has 1 N–H and O–H groups in total. The van der Waals surface area contributed by atoms with Crippen LogP contribution in [0, 0.1) is 0 Å². The molecule has 82 valence electrons. The van der Waals surface area contributed by atoms with Crippen LogP contribution >= 0.6 is 0 Å². The van der Waals surface area contributed by atoms with Crippen LogP contribution in [0.2, 0.25) is 0 Å². The summed E-state index contributed by atoms with van der Waals surface area (Å²) >= 11 is 0.